The molecular formula is C11H11N3O5. The van der Waals surface area contributed by atoms with Gasteiger partial charge in [-0.15, -0.1) is 0 Å². The second-order valence-corrected chi connectivity index (χ2v) is 3.54. The van der Waals surface area contributed by atoms with E-state index in [1.54, 1.807) is 6.07 Å². The minimum atomic E-state index is -1.14. The number of benzene rings is 1. The maximum atomic E-state index is 10.7. The van der Waals surface area contributed by atoms with Crippen LogP contribution in [0.3, 0.4) is 0 Å². The molecule has 1 aromatic carbocycles. The molecule has 0 radical (unpaired) electrons. The number of ether oxygens (including phenoxy) is 1. The second-order valence-electron chi connectivity index (χ2n) is 3.54. The first kappa shape index (κ1) is 14.4. The van der Waals surface area contributed by atoms with Crippen LogP contribution in [-0.2, 0) is 9.53 Å². The van der Waals surface area contributed by atoms with Gasteiger partial charge in [-0.25, -0.2) is 4.79 Å². The number of carboxylic acid groups (broad SMARTS) is 1. The van der Waals surface area contributed by atoms with Gasteiger partial charge in [-0.05, 0) is 12.1 Å². The molecule has 0 aromatic heterocycles. The number of nitriles is 1. The molecule has 8 nitrogen and oxygen atoms in total. The third-order valence-corrected chi connectivity index (χ3v) is 2.37. The van der Waals surface area contributed by atoms with Gasteiger partial charge in [-0.2, -0.15) is 5.26 Å². The Hall–Kier alpha value is -2.66. The van der Waals surface area contributed by atoms with Crippen molar-refractivity contribution in [1.82, 2.24) is 0 Å². The van der Waals surface area contributed by atoms with Crippen molar-refractivity contribution in [3.05, 3.63) is 33.9 Å². The third kappa shape index (κ3) is 3.65. The van der Waals surface area contributed by atoms with E-state index >= 15 is 0 Å². The molecule has 1 unspecified atom stereocenters. The van der Waals surface area contributed by atoms with Crippen LogP contribution >= 0.6 is 0 Å². The first-order chi connectivity index (χ1) is 8.99. The van der Waals surface area contributed by atoms with Gasteiger partial charge < -0.3 is 15.2 Å². The van der Waals surface area contributed by atoms with Crippen molar-refractivity contribution < 1.29 is 19.6 Å². The van der Waals surface area contributed by atoms with Crippen LogP contribution in [0.25, 0.3) is 0 Å². The number of nitrogens with one attached hydrogen (secondary N) is 1. The Balaban J connectivity index is 2.86. The number of carboxylic acids is 1. The monoisotopic (exact) mass is 265 g/mol. The Morgan fingerprint density at radius 1 is 1.68 bits per heavy atom. The number of rotatable bonds is 6. The lowest BCUT2D eigenvalue weighted by Crippen LogP contribution is -2.30. The molecule has 1 aromatic rings. The highest BCUT2D eigenvalue weighted by molar-refractivity contribution is 5.73. The van der Waals surface area contributed by atoms with Crippen molar-refractivity contribution in [2.75, 3.05) is 19.0 Å². The molecule has 0 aliphatic rings. The lowest BCUT2D eigenvalue weighted by Gasteiger charge is -2.12. The molecule has 0 spiro atoms. The fourth-order valence-electron chi connectivity index (χ4n) is 1.37. The van der Waals surface area contributed by atoms with E-state index in [1.807, 2.05) is 0 Å². The SMILES string of the molecule is COC(CNc1ccc(C#N)c([N+](=O)[O-])c1)C(=O)O. The van der Waals surface area contributed by atoms with E-state index in [-0.39, 0.29) is 17.8 Å². The number of aliphatic carboxylic acids is 1. The Kier molecular flexibility index (Phi) is 4.79. The molecule has 1 atom stereocenters. The zero-order valence-electron chi connectivity index (χ0n) is 9.99. The van der Waals surface area contributed by atoms with E-state index in [0.29, 0.717) is 5.69 Å². The number of carbonyl (C=O) groups is 1. The largest absolute Gasteiger partial charge is 0.479 e. The number of hydrogen-bond acceptors (Lipinski definition) is 6. The molecule has 0 bridgehead atoms. The van der Waals surface area contributed by atoms with Crippen molar-refractivity contribution >= 4 is 17.3 Å². The van der Waals surface area contributed by atoms with Crippen LogP contribution in [0, 0.1) is 21.4 Å². The van der Waals surface area contributed by atoms with Gasteiger partial charge >= 0.3 is 5.97 Å². The minimum Gasteiger partial charge on any atom is -0.479 e. The standard InChI is InChI=1S/C11H11N3O5/c1-19-10(11(15)16)6-13-8-3-2-7(5-12)9(4-8)14(17)18/h2-4,10,13H,6H2,1H3,(H,15,16). The highest BCUT2D eigenvalue weighted by Crippen LogP contribution is 2.22. The fourth-order valence-corrected chi connectivity index (χ4v) is 1.37. The molecular weight excluding hydrogens is 254 g/mol. The zero-order valence-corrected chi connectivity index (χ0v) is 9.99. The molecule has 1 rings (SSSR count). The van der Waals surface area contributed by atoms with Crippen molar-refractivity contribution in [3.8, 4) is 6.07 Å². The summed E-state index contributed by atoms with van der Waals surface area (Å²) >= 11 is 0. The fraction of sp³-hybridized carbons (Fsp3) is 0.273. The quantitative estimate of drug-likeness (QED) is 0.579. The van der Waals surface area contributed by atoms with Crippen LogP contribution < -0.4 is 5.32 Å². The topological polar surface area (TPSA) is 125 Å². The Morgan fingerprint density at radius 3 is 2.84 bits per heavy atom. The number of nitro benzene ring substituents is 1. The summed E-state index contributed by atoms with van der Waals surface area (Å²) in [6.07, 6.45) is -1.06. The van der Waals surface area contributed by atoms with Crippen LogP contribution in [0.5, 0.6) is 0 Å². The van der Waals surface area contributed by atoms with Gasteiger partial charge in [0, 0.05) is 18.9 Å². The third-order valence-electron chi connectivity index (χ3n) is 2.37. The summed E-state index contributed by atoms with van der Waals surface area (Å²) in [6.45, 7) is -0.0467. The summed E-state index contributed by atoms with van der Waals surface area (Å²) < 4.78 is 4.71. The first-order valence-electron chi connectivity index (χ1n) is 5.17. The van der Waals surface area contributed by atoms with Crippen molar-refractivity contribution in [1.29, 1.82) is 5.26 Å². The molecule has 19 heavy (non-hydrogen) atoms. The predicted octanol–water partition coefficient (Wildman–Crippen LogP) is 0.978. The van der Waals surface area contributed by atoms with E-state index < -0.39 is 17.0 Å². The second kappa shape index (κ2) is 6.32. The van der Waals surface area contributed by atoms with Crippen LogP contribution in [0.4, 0.5) is 11.4 Å². The van der Waals surface area contributed by atoms with E-state index in [2.05, 4.69) is 5.32 Å². The maximum absolute atomic E-state index is 10.7. The molecule has 8 heteroatoms. The van der Waals surface area contributed by atoms with Gasteiger partial charge in [0.25, 0.3) is 5.69 Å². The van der Waals surface area contributed by atoms with Crippen LogP contribution in [0.2, 0.25) is 0 Å². The van der Waals surface area contributed by atoms with Crippen LogP contribution in [0.1, 0.15) is 5.56 Å². The Morgan fingerprint density at radius 2 is 2.37 bits per heavy atom. The number of anilines is 1. The van der Waals surface area contributed by atoms with E-state index in [9.17, 15) is 14.9 Å². The smallest absolute Gasteiger partial charge is 0.334 e. The molecule has 0 fully saturated rings. The summed E-state index contributed by atoms with van der Waals surface area (Å²) in [5.74, 6) is -1.14. The molecule has 0 saturated heterocycles. The van der Waals surface area contributed by atoms with Crippen molar-refractivity contribution in [2.24, 2.45) is 0 Å². The molecule has 0 amide bonds. The average Bonchev–Trinajstić information content (AvgIpc) is 2.38. The highest BCUT2D eigenvalue weighted by Gasteiger charge is 2.18. The Bertz CT molecular complexity index is 538. The average molecular weight is 265 g/mol. The minimum absolute atomic E-state index is 0.0467. The summed E-state index contributed by atoms with van der Waals surface area (Å²) in [5, 5.41) is 30.9. The van der Waals surface area contributed by atoms with E-state index in [4.69, 9.17) is 15.1 Å². The van der Waals surface area contributed by atoms with Gasteiger partial charge in [0.2, 0.25) is 0 Å². The normalized spacial score (nSPS) is 11.4. The lowest BCUT2D eigenvalue weighted by atomic mass is 10.1. The first-order valence-corrected chi connectivity index (χ1v) is 5.17. The predicted molar refractivity (Wildman–Crippen MR) is 64.7 cm³/mol. The van der Waals surface area contributed by atoms with Gasteiger partial charge in [0.15, 0.2) is 6.10 Å². The maximum Gasteiger partial charge on any atom is 0.334 e. The molecule has 2 N–H and O–H groups in total. The number of nitro groups is 1. The summed E-state index contributed by atoms with van der Waals surface area (Å²) in [6, 6.07) is 5.64. The van der Waals surface area contributed by atoms with Crippen molar-refractivity contribution in [3.63, 3.8) is 0 Å². The number of methoxy groups -OCH3 is 1. The van der Waals surface area contributed by atoms with Crippen LogP contribution in [0.15, 0.2) is 18.2 Å². The van der Waals surface area contributed by atoms with E-state index in [1.165, 1.54) is 25.3 Å². The highest BCUT2D eigenvalue weighted by atomic mass is 16.6. The molecule has 0 aliphatic heterocycles. The Labute approximate surface area is 108 Å². The molecule has 0 aliphatic carbocycles. The molecule has 0 heterocycles. The van der Waals surface area contributed by atoms with Gasteiger partial charge in [0.05, 0.1) is 11.5 Å². The molecule has 100 valence electrons. The molecule has 0 saturated carbocycles. The van der Waals surface area contributed by atoms with Crippen LogP contribution in [-0.4, -0.2) is 35.8 Å². The van der Waals surface area contributed by atoms with E-state index in [0.717, 1.165) is 0 Å². The summed E-state index contributed by atoms with van der Waals surface area (Å²) in [7, 11) is 1.25. The van der Waals surface area contributed by atoms with Crippen molar-refractivity contribution in [2.45, 2.75) is 6.10 Å². The number of hydrogen-bond donors (Lipinski definition) is 2. The number of nitrogens with zero attached hydrogens (tertiary/aromatic N) is 2. The van der Waals surface area contributed by atoms with Gasteiger partial charge in [0.1, 0.15) is 11.6 Å². The zero-order chi connectivity index (χ0) is 14.4. The van der Waals surface area contributed by atoms with Gasteiger partial charge in [-0.3, -0.25) is 10.1 Å². The summed E-state index contributed by atoms with van der Waals surface area (Å²) in [4.78, 5) is 20.8. The summed E-state index contributed by atoms with van der Waals surface area (Å²) in [5.41, 5.74) is -0.0529. The lowest BCUT2D eigenvalue weighted by molar-refractivity contribution is -0.385. The van der Waals surface area contributed by atoms with Gasteiger partial charge in [-0.1, -0.05) is 0 Å².